The Hall–Kier alpha value is 0.370. The Labute approximate surface area is 130 Å². The number of carboxylic acids is 2. The Bertz CT molecular complexity index is 230. The van der Waals surface area contributed by atoms with E-state index in [-0.39, 0.29) is 59.1 Å². The quantitative estimate of drug-likeness (QED) is 0.273. The molecule has 9 heteroatoms. The molecule has 0 heterocycles. The van der Waals surface area contributed by atoms with Crippen LogP contribution >= 0.6 is 0 Å². The van der Waals surface area contributed by atoms with E-state index in [0.717, 1.165) is 0 Å². The molecule has 0 aromatic heterocycles. The van der Waals surface area contributed by atoms with Gasteiger partial charge in [0.1, 0.15) is 6.04 Å². The van der Waals surface area contributed by atoms with Crippen molar-refractivity contribution >= 4 is 77.0 Å². The second kappa shape index (κ2) is 9.59. The van der Waals surface area contributed by atoms with Crippen molar-refractivity contribution in [3.8, 4) is 0 Å². The third-order valence-corrected chi connectivity index (χ3v) is 1.05. The van der Waals surface area contributed by atoms with Gasteiger partial charge < -0.3 is 20.7 Å². The summed E-state index contributed by atoms with van der Waals surface area (Å²) >= 11 is 0. The first-order valence-electron chi connectivity index (χ1n) is 3.28. The number of carbonyl (C=O) groups is 3. The average molecular weight is 239 g/mol. The first-order chi connectivity index (χ1) is 5.86. The Kier molecular flexibility index (Phi) is 13.3. The van der Waals surface area contributed by atoms with Gasteiger partial charge in [0.05, 0.1) is 0 Å². The standard InChI is InChI=1S/C6H9NO6.2Na.2H/c1-2(7)6(12)13-3(4(8)9)5(10)11;;;;/h2-3H,7H2,1H3,(H,8,9)(H,10,11);;;;/t2-;;;;/m0..../s1. The molecule has 1 atom stereocenters. The van der Waals surface area contributed by atoms with Gasteiger partial charge in [-0.3, -0.25) is 4.79 Å². The molecule has 0 aromatic rings. The molecule has 15 heavy (non-hydrogen) atoms. The molecule has 0 spiro atoms. The number of ether oxygens (including phenoxy) is 1. The summed E-state index contributed by atoms with van der Waals surface area (Å²) < 4.78 is 4.07. The van der Waals surface area contributed by atoms with Gasteiger partial charge in [0.25, 0.3) is 6.10 Å². The van der Waals surface area contributed by atoms with Crippen LogP contribution in [0.1, 0.15) is 6.92 Å². The number of rotatable bonds is 4. The van der Waals surface area contributed by atoms with E-state index in [1.54, 1.807) is 0 Å². The maximum atomic E-state index is 10.7. The van der Waals surface area contributed by atoms with Crippen LogP contribution in [0.15, 0.2) is 0 Å². The van der Waals surface area contributed by atoms with Gasteiger partial charge in [0.2, 0.25) is 0 Å². The fourth-order valence-corrected chi connectivity index (χ4v) is 0.430. The summed E-state index contributed by atoms with van der Waals surface area (Å²) in [6.07, 6.45) is -2.20. The van der Waals surface area contributed by atoms with Crippen LogP contribution in [0, 0.1) is 0 Å². The predicted octanol–water partition coefficient (Wildman–Crippen LogP) is -2.88. The van der Waals surface area contributed by atoms with Crippen molar-refractivity contribution in [2.24, 2.45) is 5.73 Å². The topological polar surface area (TPSA) is 127 Å². The van der Waals surface area contributed by atoms with Crippen LogP contribution in [-0.2, 0) is 19.1 Å². The van der Waals surface area contributed by atoms with Gasteiger partial charge in [0, 0.05) is 0 Å². The number of nitrogens with two attached hydrogens (primary N) is 1. The molecular formula is C6H11NNa2O6. The summed E-state index contributed by atoms with van der Waals surface area (Å²) in [5.74, 6) is -4.57. The van der Waals surface area contributed by atoms with Crippen molar-refractivity contribution < 1.29 is 29.3 Å². The molecule has 0 saturated heterocycles. The normalized spacial score (nSPS) is 10.6. The van der Waals surface area contributed by atoms with Crippen molar-refractivity contribution in [2.45, 2.75) is 19.1 Å². The Morgan fingerprint density at radius 3 is 1.67 bits per heavy atom. The molecule has 0 fully saturated rings. The molecule has 0 unspecified atom stereocenters. The second-order valence-electron chi connectivity index (χ2n) is 2.28. The van der Waals surface area contributed by atoms with Gasteiger partial charge in [-0.25, -0.2) is 9.59 Å². The summed E-state index contributed by atoms with van der Waals surface area (Å²) in [4.78, 5) is 31.1. The molecule has 0 aliphatic carbocycles. The second-order valence-corrected chi connectivity index (χ2v) is 2.28. The van der Waals surface area contributed by atoms with Crippen LogP contribution in [0.5, 0.6) is 0 Å². The third kappa shape index (κ3) is 8.21. The molecule has 78 valence electrons. The minimum atomic E-state index is -2.20. The van der Waals surface area contributed by atoms with E-state index < -0.39 is 30.1 Å². The van der Waals surface area contributed by atoms with Crippen molar-refractivity contribution in [1.82, 2.24) is 0 Å². The van der Waals surface area contributed by atoms with Crippen LogP contribution in [0.25, 0.3) is 0 Å². The average Bonchev–Trinajstić information content (AvgIpc) is 1.97. The zero-order valence-electron chi connectivity index (χ0n) is 6.76. The first-order valence-corrected chi connectivity index (χ1v) is 3.28. The van der Waals surface area contributed by atoms with E-state index >= 15 is 0 Å². The molecule has 0 amide bonds. The number of carbonyl (C=O) groups excluding carboxylic acids is 1. The number of hydrogen-bond donors (Lipinski definition) is 3. The number of aliphatic carboxylic acids is 2. The van der Waals surface area contributed by atoms with Crippen LogP contribution in [-0.4, -0.2) is 99.4 Å². The molecule has 0 radical (unpaired) electrons. The summed E-state index contributed by atoms with van der Waals surface area (Å²) in [5, 5.41) is 16.6. The van der Waals surface area contributed by atoms with E-state index in [1.165, 1.54) is 6.92 Å². The van der Waals surface area contributed by atoms with E-state index in [9.17, 15) is 14.4 Å². The van der Waals surface area contributed by atoms with Crippen molar-refractivity contribution in [3.63, 3.8) is 0 Å². The molecular weight excluding hydrogens is 228 g/mol. The van der Waals surface area contributed by atoms with Crippen LogP contribution < -0.4 is 5.73 Å². The number of carboxylic acid groups (broad SMARTS) is 2. The SMILES string of the molecule is C[C@H](N)C(=O)OC(C(=O)O)C(=O)O.[NaH].[NaH]. The fraction of sp³-hybridized carbons (Fsp3) is 0.500. The van der Waals surface area contributed by atoms with Gasteiger partial charge in [-0.1, -0.05) is 0 Å². The van der Waals surface area contributed by atoms with E-state index in [2.05, 4.69) is 4.74 Å². The van der Waals surface area contributed by atoms with Gasteiger partial charge in [-0.15, -0.1) is 0 Å². The van der Waals surface area contributed by atoms with Crippen LogP contribution in [0.2, 0.25) is 0 Å². The van der Waals surface area contributed by atoms with E-state index in [0.29, 0.717) is 0 Å². The molecule has 0 aliphatic heterocycles. The van der Waals surface area contributed by atoms with Crippen LogP contribution in [0.4, 0.5) is 0 Å². The number of hydrogen-bond acceptors (Lipinski definition) is 5. The first kappa shape index (κ1) is 20.7. The monoisotopic (exact) mass is 239 g/mol. The molecule has 4 N–H and O–H groups in total. The van der Waals surface area contributed by atoms with Crippen LogP contribution in [0.3, 0.4) is 0 Å². The zero-order chi connectivity index (χ0) is 10.6. The molecule has 0 bridgehead atoms. The van der Waals surface area contributed by atoms with Crippen molar-refractivity contribution in [1.29, 1.82) is 0 Å². The summed E-state index contributed by atoms with van der Waals surface area (Å²) in [7, 11) is 0. The molecule has 0 saturated carbocycles. The summed E-state index contributed by atoms with van der Waals surface area (Å²) in [6, 6.07) is -1.05. The molecule has 0 aromatic carbocycles. The summed E-state index contributed by atoms with van der Waals surface area (Å²) in [6.45, 7) is 1.25. The maximum absolute atomic E-state index is 10.7. The predicted molar refractivity (Wildman–Crippen MR) is 53.1 cm³/mol. The van der Waals surface area contributed by atoms with Gasteiger partial charge in [-0.05, 0) is 6.92 Å². The van der Waals surface area contributed by atoms with E-state index in [4.69, 9.17) is 15.9 Å². The van der Waals surface area contributed by atoms with Crippen molar-refractivity contribution in [2.75, 3.05) is 0 Å². The van der Waals surface area contributed by atoms with Gasteiger partial charge in [-0.2, -0.15) is 0 Å². The Balaban J connectivity index is -0.000000720. The van der Waals surface area contributed by atoms with Gasteiger partial charge >= 0.3 is 77.0 Å². The minimum absolute atomic E-state index is 0. The Morgan fingerprint density at radius 1 is 1.13 bits per heavy atom. The summed E-state index contributed by atoms with van der Waals surface area (Å²) in [5.41, 5.74) is 5.02. The molecule has 7 nitrogen and oxygen atoms in total. The molecule has 0 aliphatic rings. The fourth-order valence-electron chi connectivity index (χ4n) is 0.430. The van der Waals surface area contributed by atoms with Crippen molar-refractivity contribution in [3.05, 3.63) is 0 Å². The van der Waals surface area contributed by atoms with Gasteiger partial charge in [0.15, 0.2) is 0 Å². The molecule has 0 rings (SSSR count). The third-order valence-electron chi connectivity index (χ3n) is 1.05. The zero-order valence-corrected chi connectivity index (χ0v) is 6.76. The Morgan fingerprint density at radius 2 is 1.47 bits per heavy atom. The van der Waals surface area contributed by atoms with E-state index in [1.807, 2.05) is 0 Å². The number of esters is 1.